The van der Waals surface area contributed by atoms with Crippen LogP contribution in [0.5, 0.6) is 0 Å². The molecule has 2 N–H and O–H groups in total. The normalized spacial score (nSPS) is 10.8. The number of carbonyl (C=O) groups is 1. The summed E-state index contributed by atoms with van der Waals surface area (Å²) in [4.78, 5) is 16.6. The van der Waals surface area contributed by atoms with Crippen molar-refractivity contribution >= 4 is 11.6 Å². The van der Waals surface area contributed by atoms with Crippen molar-refractivity contribution in [3.8, 4) is 0 Å². The number of imidazole rings is 1. The van der Waals surface area contributed by atoms with Crippen molar-refractivity contribution in [2.45, 2.75) is 40.3 Å². The molecule has 22 heavy (non-hydrogen) atoms. The SMILES string of the molecule is Cc1ncn(CCNC(=O)c2ccccc2NC(C)C)c1C. The van der Waals surface area contributed by atoms with Gasteiger partial charge in [-0.3, -0.25) is 4.79 Å². The Hall–Kier alpha value is -2.30. The lowest BCUT2D eigenvalue weighted by atomic mass is 10.1. The first-order chi connectivity index (χ1) is 10.5. The van der Waals surface area contributed by atoms with E-state index in [1.165, 1.54) is 0 Å². The summed E-state index contributed by atoms with van der Waals surface area (Å²) in [6.45, 7) is 9.42. The van der Waals surface area contributed by atoms with Gasteiger partial charge < -0.3 is 15.2 Å². The number of carbonyl (C=O) groups excluding carboxylic acids is 1. The van der Waals surface area contributed by atoms with E-state index in [2.05, 4.69) is 29.5 Å². The van der Waals surface area contributed by atoms with Crippen molar-refractivity contribution in [3.05, 3.63) is 47.5 Å². The van der Waals surface area contributed by atoms with E-state index < -0.39 is 0 Å². The molecule has 118 valence electrons. The van der Waals surface area contributed by atoms with Crippen molar-refractivity contribution in [2.24, 2.45) is 0 Å². The van der Waals surface area contributed by atoms with Crippen LogP contribution in [0.3, 0.4) is 0 Å². The Morgan fingerprint density at radius 1 is 1.27 bits per heavy atom. The number of anilines is 1. The molecule has 1 amide bonds. The van der Waals surface area contributed by atoms with Crippen molar-refractivity contribution < 1.29 is 4.79 Å². The largest absolute Gasteiger partial charge is 0.382 e. The summed E-state index contributed by atoms with van der Waals surface area (Å²) in [5, 5.41) is 6.27. The number of nitrogens with zero attached hydrogens (tertiary/aromatic N) is 2. The molecule has 5 nitrogen and oxygen atoms in total. The van der Waals surface area contributed by atoms with Crippen molar-refractivity contribution in [1.82, 2.24) is 14.9 Å². The van der Waals surface area contributed by atoms with Gasteiger partial charge in [-0.1, -0.05) is 12.1 Å². The number of hydrogen-bond acceptors (Lipinski definition) is 3. The van der Waals surface area contributed by atoms with Gasteiger partial charge in [-0.15, -0.1) is 0 Å². The Labute approximate surface area is 131 Å². The monoisotopic (exact) mass is 300 g/mol. The summed E-state index contributed by atoms with van der Waals surface area (Å²) in [5.41, 5.74) is 3.70. The summed E-state index contributed by atoms with van der Waals surface area (Å²) < 4.78 is 2.05. The number of aryl methyl sites for hydroxylation is 1. The number of aromatic nitrogens is 2. The molecule has 0 saturated carbocycles. The molecule has 0 unspecified atom stereocenters. The minimum atomic E-state index is -0.0572. The van der Waals surface area contributed by atoms with Crippen molar-refractivity contribution in [1.29, 1.82) is 0 Å². The fourth-order valence-corrected chi connectivity index (χ4v) is 2.27. The summed E-state index contributed by atoms with van der Waals surface area (Å²) in [5.74, 6) is -0.0572. The van der Waals surface area contributed by atoms with Crippen LogP contribution in [-0.2, 0) is 6.54 Å². The first-order valence-electron chi connectivity index (χ1n) is 7.61. The molecule has 1 heterocycles. The number of benzene rings is 1. The molecule has 1 aromatic carbocycles. The zero-order valence-corrected chi connectivity index (χ0v) is 13.7. The van der Waals surface area contributed by atoms with Crippen LogP contribution >= 0.6 is 0 Å². The fraction of sp³-hybridized carbons (Fsp3) is 0.412. The van der Waals surface area contributed by atoms with Crippen LogP contribution in [0.2, 0.25) is 0 Å². The quantitative estimate of drug-likeness (QED) is 0.862. The molecule has 2 rings (SSSR count). The van der Waals surface area contributed by atoms with Gasteiger partial charge in [0.05, 0.1) is 17.6 Å². The second-order valence-electron chi connectivity index (χ2n) is 5.71. The van der Waals surface area contributed by atoms with E-state index in [1.807, 2.05) is 49.0 Å². The van der Waals surface area contributed by atoms with E-state index in [4.69, 9.17) is 0 Å². The minimum absolute atomic E-state index is 0.0572. The lowest BCUT2D eigenvalue weighted by Gasteiger charge is -2.14. The number of nitrogens with one attached hydrogen (secondary N) is 2. The summed E-state index contributed by atoms with van der Waals surface area (Å²) in [7, 11) is 0. The molecule has 0 aliphatic carbocycles. The molecule has 0 fully saturated rings. The molecule has 2 aromatic rings. The Morgan fingerprint density at radius 2 is 2.00 bits per heavy atom. The van der Waals surface area contributed by atoms with Crippen LogP contribution in [0.25, 0.3) is 0 Å². The lowest BCUT2D eigenvalue weighted by molar-refractivity contribution is 0.0953. The summed E-state index contributed by atoms with van der Waals surface area (Å²) in [6, 6.07) is 7.86. The number of hydrogen-bond donors (Lipinski definition) is 2. The third-order valence-corrected chi connectivity index (χ3v) is 3.60. The van der Waals surface area contributed by atoms with E-state index in [0.29, 0.717) is 12.1 Å². The maximum absolute atomic E-state index is 12.4. The van der Waals surface area contributed by atoms with Gasteiger partial charge in [-0.2, -0.15) is 0 Å². The van der Waals surface area contributed by atoms with Crippen LogP contribution in [0, 0.1) is 13.8 Å². The van der Waals surface area contributed by atoms with Crippen LogP contribution in [0.1, 0.15) is 35.6 Å². The standard InChI is InChI=1S/C17H24N4O/c1-12(2)20-16-8-6-5-7-15(16)17(22)18-9-10-21-11-19-13(3)14(21)4/h5-8,11-12,20H,9-10H2,1-4H3,(H,18,22). The van der Waals surface area contributed by atoms with Gasteiger partial charge >= 0.3 is 0 Å². The van der Waals surface area contributed by atoms with Gasteiger partial charge in [0.25, 0.3) is 5.91 Å². The fourth-order valence-electron chi connectivity index (χ4n) is 2.27. The maximum atomic E-state index is 12.4. The third-order valence-electron chi connectivity index (χ3n) is 3.60. The molecular weight excluding hydrogens is 276 g/mol. The topological polar surface area (TPSA) is 59.0 Å². The van der Waals surface area contributed by atoms with Crippen LogP contribution in [0.15, 0.2) is 30.6 Å². The van der Waals surface area contributed by atoms with E-state index in [9.17, 15) is 4.79 Å². The summed E-state index contributed by atoms with van der Waals surface area (Å²) in [6.07, 6.45) is 1.81. The van der Waals surface area contributed by atoms with Crippen LogP contribution < -0.4 is 10.6 Å². The average molecular weight is 300 g/mol. The van der Waals surface area contributed by atoms with Gasteiger partial charge in [-0.05, 0) is 39.8 Å². The molecule has 0 radical (unpaired) electrons. The molecule has 0 spiro atoms. The molecule has 0 aliphatic heterocycles. The van der Waals surface area contributed by atoms with Gasteiger partial charge in [0.15, 0.2) is 0 Å². The second kappa shape index (κ2) is 7.11. The number of amides is 1. The summed E-state index contributed by atoms with van der Waals surface area (Å²) >= 11 is 0. The number of rotatable bonds is 6. The Bertz CT molecular complexity index is 646. The van der Waals surface area contributed by atoms with Gasteiger partial charge in [0, 0.05) is 30.5 Å². The van der Waals surface area contributed by atoms with E-state index in [1.54, 1.807) is 0 Å². The average Bonchev–Trinajstić information content (AvgIpc) is 2.79. The van der Waals surface area contributed by atoms with Crippen molar-refractivity contribution in [3.63, 3.8) is 0 Å². The Morgan fingerprint density at radius 3 is 2.64 bits per heavy atom. The molecule has 0 atom stereocenters. The minimum Gasteiger partial charge on any atom is -0.382 e. The molecule has 1 aromatic heterocycles. The third kappa shape index (κ3) is 3.87. The van der Waals surface area contributed by atoms with Gasteiger partial charge in [-0.25, -0.2) is 4.98 Å². The van der Waals surface area contributed by atoms with Gasteiger partial charge in [0.1, 0.15) is 0 Å². The van der Waals surface area contributed by atoms with Crippen molar-refractivity contribution in [2.75, 3.05) is 11.9 Å². The van der Waals surface area contributed by atoms with E-state index >= 15 is 0 Å². The number of para-hydroxylation sites is 1. The second-order valence-corrected chi connectivity index (χ2v) is 5.71. The lowest BCUT2D eigenvalue weighted by Crippen LogP contribution is -2.28. The Balaban J connectivity index is 1.96. The van der Waals surface area contributed by atoms with E-state index in [-0.39, 0.29) is 11.9 Å². The predicted molar refractivity (Wildman–Crippen MR) is 89.2 cm³/mol. The maximum Gasteiger partial charge on any atom is 0.253 e. The highest BCUT2D eigenvalue weighted by Gasteiger charge is 2.11. The molecule has 0 aliphatic rings. The highest BCUT2D eigenvalue weighted by molar-refractivity contribution is 5.99. The zero-order chi connectivity index (χ0) is 16.1. The molecule has 0 saturated heterocycles. The highest BCUT2D eigenvalue weighted by atomic mass is 16.1. The highest BCUT2D eigenvalue weighted by Crippen LogP contribution is 2.15. The molecule has 0 bridgehead atoms. The Kier molecular flexibility index (Phi) is 5.20. The zero-order valence-electron chi connectivity index (χ0n) is 13.7. The van der Waals surface area contributed by atoms with Crippen LogP contribution in [0.4, 0.5) is 5.69 Å². The first-order valence-corrected chi connectivity index (χ1v) is 7.61. The predicted octanol–water partition coefficient (Wildman–Crippen LogP) is 2.75. The molecular formula is C17H24N4O. The smallest absolute Gasteiger partial charge is 0.253 e. The van der Waals surface area contributed by atoms with Gasteiger partial charge in [0.2, 0.25) is 0 Å². The van der Waals surface area contributed by atoms with E-state index in [0.717, 1.165) is 23.6 Å². The first kappa shape index (κ1) is 16.1. The van der Waals surface area contributed by atoms with Crippen LogP contribution in [-0.4, -0.2) is 28.0 Å². The molecule has 5 heteroatoms.